The molecule has 0 bridgehead atoms. The predicted octanol–water partition coefficient (Wildman–Crippen LogP) is 3.34. The van der Waals surface area contributed by atoms with Crippen molar-refractivity contribution in [2.24, 2.45) is 0 Å². The average Bonchev–Trinajstić information content (AvgIpc) is 2.56. The van der Waals surface area contributed by atoms with Crippen LogP contribution in [-0.2, 0) is 11.3 Å². The molecule has 0 fully saturated rings. The number of halogens is 1. The summed E-state index contributed by atoms with van der Waals surface area (Å²) in [7, 11) is 0. The zero-order valence-corrected chi connectivity index (χ0v) is 12.8. The van der Waals surface area contributed by atoms with E-state index < -0.39 is 6.09 Å². The summed E-state index contributed by atoms with van der Waals surface area (Å²) in [5.74, 6) is -0.193. The number of nitrogens with one attached hydrogen (secondary N) is 1. The summed E-state index contributed by atoms with van der Waals surface area (Å²) in [4.78, 5) is 11.7. The normalized spacial score (nSPS) is 11.7. The number of benzene rings is 2. The van der Waals surface area contributed by atoms with Crippen LogP contribution in [-0.4, -0.2) is 24.4 Å². The standard InChI is InChI=1S/C17H18ClNO3/c18-16-8-6-14(7-9-16)15(11-20)10-19-17(21)22-12-13-4-2-1-3-5-13/h1-9,15,20H,10-12H2,(H,19,21). The SMILES string of the molecule is O=C(NCC(CO)c1ccc(Cl)cc1)OCc1ccccc1. The molecule has 2 rings (SSSR count). The molecule has 22 heavy (non-hydrogen) atoms. The highest BCUT2D eigenvalue weighted by Crippen LogP contribution is 2.17. The molecule has 1 amide bonds. The number of aliphatic hydroxyl groups excluding tert-OH is 1. The third kappa shape index (κ3) is 5.06. The van der Waals surface area contributed by atoms with E-state index in [1.54, 1.807) is 12.1 Å². The molecule has 1 atom stereocenters. The molecule has 0 aliphatic rings. The molecule has 0 aliphatic carbocycles. The van der Waals surface area contributed by atoms with Crippen LogP contribution in [0.1, 0.15) is 17.0 Å². The summed E-state index contributed by atoms with van der Waals surface area (Å²) in [6.45, 7) is 0.448. The first-order valence-corrected chi connectivity index (χ1v) is 7.37. The Hall–Kier alpha value is -2.04. The number of carbonyl (C=O) groups excluding carboxylic acids is 1. The third-order valence-electron chi connectivity index (χ3n) is 3.27. The lowest BCUT2D eigenvalue weighted by Gasteiger charge is -2.15. The van der Waals surface area contributed by atoms with Crippen molar-refractivity contribution < 1.29 is 14.6 Å². The zero-order chi connectivity index (χ0) is 15.8. The van der Waals surface area contributed by atoms with E-state index in [4.69, 9.17) is 16.3 Å². The molecule has 0 radical (unpaired) electrons. The molecule has 116 valence electrons. The van der Waals surface area contributed by atoms with E-state index in [0.717, 1.165) is 11.1 Å². The third-order valence-corrected chi connectivity index (χ3v) is 3.52. The Kier molecular flexibility index (Phi) is 6.25. The van der Waals surface area contributed by atoms with E-state index in [0.29, 0.717) is 11.6 Å². The second-order valence-corrected chi connectivity index (χ2v) is 5.31. The molecule has 2 aromatic carbocycles. The van der Waals surface area contributed by atoms with Gasteiger partial charge >= 0.3 is 6.09 Å². The highest BCUT2D eigenvalue weighted by atomic mass is 35.5. The van der Waals surface area contributed by atoms with Crippen molar-refractivity contribution in [3.05, 3.63) is 70.7 Å². The first kappa shape index (κ1) is 16.3. The highest BCUT2D eigenvalue weighted by Gasteiger charge is 2.12. The molecule has 0 aliphatic heterocycles. The number of ether oxygens (including phenoxy) is 1. The van der Waals surface area contributed by atoms with Gasteiger partial charge in [-0.3, -0.25) is 0 Å². The van der Waals surface area contributed by atoms with Crippen molar-refractivity contribution in [1.82, 2.24) is 5.32 Å². The van der Waals surface area contributed by atoms with Gasteiger partial charge in [0.25, 0.3) is 0 Å². The van der Waals surface area contributed by atoms with E-state index in [1.165, 1.54) is 0 Å². The number of aliphatic hydroxyl groups is 1. The predicted molar refractivity (Wildman–Crippen MR) is 85.9 cm³/mol. The van der Waals surface area contributed by atoms with Crippen LogP contribution < -0.4 is 5.32 Å². The molecule has 0 aromatic heterocycles. The van der Waals surface area contributed by atoms with Crippen LogP contribution >= 0.6 is 11.6 Å². The van der Waals surface area contributed by atoms with Gasteiger partial charge in [-0.15, -0.1) is 0 Å². The summed E-state index contributed by atoms with van der Waals surface area (Å²) < 4.78 is 5.13. The summed E-state index contributed by atoms with van der Waals surface area (Å²) in [6, 6.07) is 16.6. The van der Waals surface area contributed by atoms with Crippen LogP contribution in [0.15, 0.2) is 54.6 Å². The molecule has 5 heteroatoms. The fourth-order valence-electron chi connectivity index (χ4n) is 2.00. The van der Waals surface area contributed by atoms with E-state index in [2.05, 4.69) is 5.32 Å². The molecule has 2 N–H and O–H groups in total. The molecule has 0 heterocycles. The van der Waals surface area contributed by atoms with Gasteiger partial charge < -0.3 is 15.2 Å². The van der Waals surface area contributed by atoms with Gasteiger partial charge in [0.15, 0.2) is 0 Å². The number of alkyl carbamates (subject to hydrolysis) is 1. The van der Waals surface area contributed by atoms with Gasteiger partial charge in [-0.1, -0.05) is 54.1 Å². The average molecular weight is 320 g/mol. The summed E-state index contributed by atoms with van der Waals surface area (Å²) >= 11 is 5.83. The Morgan fingerprint density at radius 3 is 2.45 bits per heavy atom. The van der Waals surface area contributed by atoms with Crippen LogP contribution in [0.4, 0.5) is 4.79 Å². The van der Waals surface area contributed by atoms with Gasteiger partial charge in [0, 0.05) is 17.5 Å². The molecular weight excluding hydrogens is 302 g/mol. The minimum Gasteiger partial charge on any atom is -0.445 e. The molecule has 4 nitrogen and oxygen atoms in total. The monoisotopic (exact) mass is 319 g/mol. The summed E-state index contributed by atoms with van der Waals surface area (Å²) in [5.41, 5.74) is 1.84. The van der Waals surface area contributed by atoms with Gasteiger partial charge in [-0.2, -0.15) is 0 Å². The van der Waals surface area contributed by atoms with Crippen molar-refractivity contribution in [3.63, 3.8) is 0 Å². The van der Waals surface area contributed by atoms with Crippen molar-refractivity contribution >= 4 is 17.7 Å². The van der Waals surface area contributed by atoms with Gasteiger partial charge in [-0.25, -0.2) is 4.79 Å². The maximum atomic E-state index is 11.7. The molecule has 2 aromatic rings. The lowest BCUT2D eigenvalue weighted by Crippen LogP contribution is -2.30. The fraction of sp³-hybridized carbons (Fsp3) is 0.235. The summed E-state index contributed by atoms with van der Waals surface area (Å²) in [6.07, 6.45) is -0.503. The first-order valence-electron chi connectivity index (χ1n) is 7.00. The smallest absolute Gasteiger partial charge is 0.407 e. The first-order chi connectivity index (χ1) is 10.7. The minimum absolute atomic E-state index is 0.0689. The lowest BCUT2D eigenvalue weighted by molar-refractivity contribution is 0.137. The Labute approximate surface area is 134 Å². The van der Waals surface area contributed by atoms with Crippen molar-refractivity contribution in [3.8, 4) is 0 Å². The molecule has 0 saturated heterocycles. The maximum Gasteiger partial charge on any atom is 0.407 e. The van der Waals surface area contributed by atoms with Gasteiger partial charge in [0.2, 0.25) is 0 Å². The topological polar surface area (TPSA) is 58.6 Å². The Bertz CT molecular complexity index is 587. The lowest BCUT2D eigenvalue weighted by atomic mass is 10.0. The fourth-order valence-corrected chi connectivity index (χ4v) is 2.13. The van der Waals surface area contributed by atoms with E-state index >= 15 is 0 Å². The van der Waals surface area contributed by atoms with E-state index in [9.17, 15) is 9.90 Å². The molecule has 0 spiro atoms. The Morgan fingerprint density at radius 2 is 1.82 bits per heavy atom. The number of amides is 1. The highest BCUT2D eigenvalue weighted by molar-refractivity contribution is 6.30. The van der Waals surface area contributed by atoms with E-state index in [1.807, 2.05) is 42.5 Å². The van der Waals surface area contributed by atoms with Gasteiger partial charge in [0.05, 0.1) is 6.61 Å². The zero-order valence-electron chi connectivity index (χ0n) is 12.0. The van der Waals surface area contributed by atoms with Crippen molar-refractivity contribution in [2.75, 3.05) is 13.2 Å². The van der Waals surface area contributed by atoms with E-state index in [-0.39, 0.29) is 19.1 Å². The largest absolute Gasteiger partial charge is 0.445 e. The number of rotatable bonds is 6. The van der Waals surface area contributed by atoms with Crippen molar-refractivity contribution in [2.45, 2.75) is 12.5 Å². The van der Waals surface area contributed by atoms with Crippen LogP contribution in [0.3, 0.4) is 0 Å². The maximum absolute atomic E-state index is 11.7. The second-order valence-electron chi connectivity index (χ2n) is 4.87. The van der Waals surface area contributed by atoms with Crippen LogP contribution in [0.5, 0.6) is 0 Å². The van der Waals surface area contributed by atoms with Crippen LogP contribution in [0.2, 0.25) is 5.02 Å². The van der Waals surface area contributed by atoms with Crippen LogP contribution in [0.25, 0.3) is 0 Å². The number of hydrogen-bond acceptors (Lipinski definition) is 3. The number of carbonyl (C=O) groups is 1. The molecular formula is C17H18ClNO3. The second kappa shape index (κ2) is 8.41. The number of hydrogen-bond donors (Lipinski definition) is 2. The van der Waals surface area contributed by atoms with Gasteiger partial charge in [-0.05, 0) is 23.3 Å². The summed E-state index contributed by atoms with van der Waals surface area (Å²) in [5, 5.41) is 12.7. The minimum atomic E-state index is -0.503. The van der Waals surface area contributed by atoms with Gasteiger partial charge in [0.1, 0.15) is 6.61 Å². The Balaban J connectivity index is 1.80. The quantitative estimate of drug-likeness (QED) is 0.858. The van der Waals surface area contributed by atoms with Crippen LogP contribution in [0, 0.1) is 0 Å². The van der Waals surface area contributed by atoms with Crippen molar-refractivity contribution in [1.29, 1.82) is 0 Å². The molecule has 0 saturated carbocycles. The molecule has 1 unspecified atom stereocenters. The Morgan fingerprint density at radius 1 is 1.14 bits per heavy atom.